The summed E-state index contributed by atoms with van der Waals surface area (Å²) in [6.07, 6.45) is 5.07. The van der Waals surface area contributed by atoms with E-state index in [0.717, 1.165) is 12.8 Å². The molecule has 1 aliphatic carbocycles. The van der Waals surface area contributed by atoms with Crippen LogP contribution in [-0.4, -0.2) is 10.9 Å². The molecule has 0 bridgehead atoms. The van der Waals surface area contributed by atoms with Crippen molar-refractivity contribution in [1.82, 2.24) is 4.98 Å². The maximum atomic E-state index is 10.8. The first-order valence-corrected chi connectivity index (χ1v) is 4.05. The highest BCUT2D eigenvalue weighted by atomic mass is 16.1. The van der Waals surface area contributed by atoms with Gasteiger partial charge in [-0.05, 0) is 36.5 Å². The zero-order chi connectivity index (χ0) is 8.55. The molecule has 3 nitrogen and oxygen atoms in total. The lowest BCUT2D eigenvalue weighted by Gasteiger charge is -1.99. The number of hydrogen-bond acceptors (Lipinski definition) is 2. The van der Waals surface area contributed by atoms with E-state index in [4.69, 9.17) is 5.73 Å². The van der Waals surface area contributed by atoms with E-state index in [1.165, 1.54) is 17.5 Å². The Bertz CT molecular complexity index is 333. The predicted molar refractivity (Wildman–Crippen MR) is 44.8 cm³/mol. The number of amides is 1. The molecule has 0 unspecified atom stereocenters. The third-order valence-corrected chi connectivity index (χ3v) is 2.23. The normalized spacial score (nSPS) is 14.3. The highest BCUT2D eigenvalue weighted by molar-refractivity contribution is 5.90. The molecule has 0 atom stereocenters. The molecule has 1 aromatic rings. The summed E-state index contributed by atoms with van der Waals surface area (Å²) in [6, 6.07) is 1.81. The van der Waals surface area contributed by atoms with E-state index in [9.17, 15) is 4.79 Å². The maximum absolute atomic E-state index is 10.8. The molecule has 1 aromatic heterocycles. The van der Waals surface area contributed by atoms with Crippen molar-refractivity contribution in [3.8, 4) is 0 Å². The van der Waals surface area contributed by atoms with Gasteiger partial charge in [-0.15, -0.1) is 0 Å². The van der Waals surface area contributed by atoms with Crippen LogP contribution in [0, 0.1) is 0 Å². The number of hydrogen-bond donors (Lipinski definition) is 1. The van der Waals surface area contributed by atoms with E-state index in [1.54, 1.807) is 6.20 Å². The minimum atomic E-state index is -0.440. The molecular weight excluding hydrogens is 152 g/mol. The van der Waals surface area contributed by atoms with E-state index in [-0.39, 0.29) is 0 Å². The standard InChI is InChI=1S/C9H10N2O/c10-9(12)8-4-6-2-1-3-7(6)5-11-8/h4-5H,1-3H2,(H2,10,12). The molecule has 0 spiro atoms. The second-order valence-electron chi connectivity index (χ2n) is 3.06. The van der Waals surface area contributed by atoms with E-state index < -0.39 is 5.91 Å². The molecule has 0 saturated heterocycles. The number of fused-ring (bicyclic) bond motifs is 1. The van der Waals surface area contributed by atoms with Crippen LogP contribution in [0.4, 0.5) is 0 Å². The third-order valence-electron chi connectivity index (χ3n) is 2.23. The fourth-order valence-electron chi connectivity index (χ4n) is 1.59. The number of pyridine rings is 1. The summed E-state index contributed by atoms with van der Waals surface area (Å²) in [5, 5.41) is 0. The van der Waals surface area contributed by atoms with Gasteiger partial charge < -0.3 is 5.73 Å². The first-order chi connectivity index (χ1) is 5.77. The Morgan fingerprint density at radius 3 is 2.92 bits per heavy atom. The van der Waals surface area contributed by atoms with Gasteiger partial charge in [0.05, 0.1) is 0 Å². The Morgan fingerprint density at radius 2 is 2.17 bits per heavy atom. The molecule has 0 radical (unpaired) electrons. The number of rotatable bonds is 1. The minimum Gasteiger partial charge on any atom is -0.364 e. The highest BCUT2D eigenvalue weighted by Gasteiger charge is 2.13. The van der Waals surface area contributed by atoms with Gasteiger partial charge in [-0.3, -0.25) is 9.78 Å². The van der Waals surface area contributed by atoms with Crippen molar-refractivity contribution in [2.45, 2.75) is 19.3 Å². The molecule has 12 heavy (non-hydrogen) atoms. The van der Waals surface area contributed by atoms with Crippen molar-refractivity contribution in [3.63, 3.8) is 0 Å². The summed E-state index contributed by atoms with van der Waals surface area (Å²) < 4.78 is 0. The summed E-state index contributed by atoms with van der Waals surface area (Å²) in [4.78, 5) is 14.7. The van der Waals surface area contributed by atoms with E-state index in [0.29, 0.717) is 5.69 Å². The highest BCUT2D eigenvalue weighted by Crippen LogP contribution is 2.20. The smallest absolute Gasteiger partial charge is 0.267 e. The first kappa shape index (κ1) is 7.28. The van der Waals surface area contributed by atoms with Crippen molar-refractivity contribution < 1.29 is 4.79 Å². The fraction of sp³-hybridized carbons (Fsp3) is 0.333. The summed E-state index contributed by atoms with van der Waals surface area (Å²) in [7, 11) is 0. The van der Waals surface area contributed by atoms with Gasteiger partial charge >= 0.3 is 0 Å². The Balaban J connectivity index is 2.45. The second-order valence-corrected chi connectivity index (χ2v) is 3.06. The molecule has 2 rings (SSSR count). The van der Waals surface area contributed by atoms with Crippen LogP contribution in [0.2, 0.25) is 0 Å². The Kier molecular flexibility index (Phi) is 1.57. The van der Waals surface area contributed by atoms with Crippen molar-refractivity contribution in [1.29, 1.82) is 0 Å². The lowest BCUT2D eigenvalue weighted by Crippen LogP contribution is -2.13. The summed E-state index contributed by atoms with van der Waals surface area (Å²) in [5.41, 5.74) is 7.99. The lowest BCUT2D eigenvalue weighted by atomic mass is 10.1. The SMILES string of the molecule is NC(=O)c1cc2c(cn1)CCC2. The molecule has 3 heteroatoms. The Hall–Kier alpha value is -1.38. The van der Waals surface area contributed by atoms with Crippen LogP contribution < -0.4 is 5.73 Å². The topological polar surface area (TPSA) is 56.0 Å². The third kappa shape index (κ3) is 1.07. The second kappa shape index (κ2) is 2.59. The molecule has 62 valence electrons. The monoisotopic (exact) mass is 162 g/mol. The molecule has 1 amide bonds. The number of carbonyl (C=O) groups is 1. The predicted octanol–water partition coefficient (Wildman–Crippen LogP) is 0.669. The van der Waals surface area contributed by atoms with Crippen LogP contribution in [0.1, 0.15) is 28.0 Å². The Morgan fingerprint density at radius 1 is 1.42 bits per heavy atom. The molecule has 1 aliphatic rings. The maximum Gasteiger partial charge on any atom is 0.267 e. The zero-order valence-corrected chi connectivity index (χ0v) is 6.71. The van der Waals surface area contributed by atoms with Crippen molar-refractivity contribution in [3.05, 3.63) is 29.1 Å². The van der Waals surface area contributed by atoms with E-state index in [2.05, 4.69) is 4.98 Å². The van der Waals surface area contributed by atoms with Crippen molar-refractivity contribution >= 4 is 5.91 Å². The van der Waals surface area contributed by atoms with Crippen molar-refractivity contribution in [2.75, 3.05) is 0 Å². The average Bonchev–Trinajstić information content (AvgIpc) is 2.49. The first-order valence-electron chi connectivity index (χ1n) is 4.05. The van der Waals surface area contributed by atoms with Crippen LogP contribution in [-0.2, 0) is 12.8 Å². The van der Waals surface area contributed by atoms with Gasteiger partial charge in [0.25, 0.3) is 5.91 Å². The van der Waals surface area contributed by atoms with Gasteiger partial charge in [0, 0.05) is 6.20 Å². The molecule has 0 aliphatic heterocycles. The van der Waals surface area contributed by atoms with E-state index >= 15 is 0 Å². The number of primary amides is 1. The quantitative estimate of drug-likeness (QED) is 0.659. The van der Waals surface area contributed by atoms with Gasteiger partial charge in [-0.1, -0.05) is 0 Å². The largest absolute Gasteiger partial charge is 0.364 e. The zero-order valence-electron chi connectivity index (χ0n) is 6.71. The average molecular weight is 162 g/mol. The number of nitrogens with zero attached hydrogens (tertiary/aromatic N) is 1. The number of aryl methyl sites for hydroxylation is 2. The van der Waals surface area contributed by atoms with Gasteiger partial charge in [-0.2, -0.15) is 0 Å². The molecule has 2 N–H and O–H groups in total. The fourth-order valence-corrected chi connectivity index (χ4v) is 1.59. The van der Waals surface area contributed by atoms with Gasteiger partial charge in [0.2, 0.25) is 0 Å². The van der Waals surface area contributed by atoms with Crippen LogP contribution in [0.15, 0.2) is 12.3 Å². The van der Waals surface area contributed by atoms with Crippen LogP contribution >= 0.6 is 0 Å². The molecular formula is C9H10N2O. The number of carbonyl (C=O) groups excluding carboxylic acids is 1. The van der Waals surface area contributed by atoms with Crippen LogP contribution in [0.5, 0.6) is 0 Å². The summed E-state index contributed by atoms with van der Waals surface area (Å²) in [6.45, 7) is 0. The minimum absolute atomic E-state index is 0.385. The molecule has 0 saturated carbocycles. The number of nitrogens with two attached hydrogens (primary N) is 1. The van der Waals surface area contributed by atoms with Gasteiger partial charge in [-0.25, -0.2) is 0 Å². The molecule has 0 aromatic carbocycles. The number of aromatic nitrogens is 1. The summed E-state index contributed by atoms with van der Waals surface area (Å²) in [5.74, 6) is -0.440. The van der Waals surface area contributed by atoms with Crippen LogP contribution in [0.3, 0.4) is 0 Å². The molecule has 0 fully saturated rings. The lowest BCUT2D eigenvalue weighted by molar-refractivity contribution is 0.0995. The van der Waals surface area contributed by atoms with E-state index in [1.807, 2.05) is 6.07 Å². The molecule has 1 heterocycles. The Labute approximate surface area is 70.6 Å². The summed E-state index contributed by atoms with van der Waals surface area (Å²) >= 11 is 0. The van der Waals surface area contributed by atoms with Crippen LogP contribution in [0.25, 0.3) is 0 Å². The van der Waals surface area contributed by atoms with Gasteiger partial charge in [0.15, 0.2) is 0 Å². The van der Waals surface area contributed by atoms with Gasteiger partial charge in [0.1, 0.15) is 5.69 Å². The van der Waals surface area contributed by atoms with Crippen molar-refractivity contribution in [2.24, 2.45) is 5.73 Å².